The zero-order valence-electron chi connectivity index (χ0n) is 22.9. The Morgan fingerprint density at radius 1 is 0.286 bits per heavy atom. The van der Waals surface area contributed by atoms with Crippen molar-refractivity contribution in [3.05, 3.63) is 158 Å². The number of hydrogen-bond acceptors (Lipinski definition) is 0. The molecular formula is C40H26N2. The first-order valence-electron chi connectivity index (χ1n) is 14.4. The van der Waals surface area contributed by atoms with Crippen molar-refractivity contribution in [2.24, 2.45) is 0 Å². The molecule has 2 aromatic heterocycles. The topological polar surface area (TPSA) is 9.86 Å². The predicted octanol–water partition coefficient (Wildman–Crippen LogP) is 10.7. The molecule has 7 aromatic carbocycles. The van der Waals surface area contributed by atoms with Crippen LogP contribution in [0, 0.1) is 0 Å². The van der Waals surface area contributed by atoms with Crippen molar-refractivity contribution in [2.45, 2.75) is 0 Å². The average Bonchev–Trinajstić information content (AvgIpc) is 3.55. The van der Waals surface area contributed by atoms with Gasteiger partial charge >= 0.3 is 0 Å². The zero-order chi connectivity index (χ0) is 27.6. The molecule has 0 aliphatic heterocycles. The van der Waals surface area contributed by atoms with Crippen LogP contribution in [0.1, 0.15) is 0 Å². The minimum Gasteiger partial charge on any atom is -0.309 e. The van der Waals surface area contributed by atoms with Crippen molar-refractivity contribution in [1.29, 1.82) is 0 Å². The van der Waals surface area contributed by atoms with E-state index in [0.717, 1.165) is 0 Å². The summed E-state index contributed by atoms with van der Waals surface area (Å²) < 4.78 is 4.82. The van der Waals surface area contributed by atoms with E-state index >= 15 is 0 Å². The van der Waals surface area contributed by atoms with Crippen LogP contribution in [-0.4, -0.2) is 9.13 Å². The van der Waals surface area contributed by atoms with Crippen LogP contribution >= 0.6 is 0 Å². The highest BCUT2D eigenvalue weighted by Gasteiger charge is 2.17. The monoisotopic (exact) mass is 534 g/mol. The van der Waals surface area contributed by atoms with Crippen LogP contribution in [0.15, 0.2) is 158 Å². The van der Waals surface area contributed by atoms with Gasteiger partial charge in [0.25, 0.3) is 0 Å². The summed E-state index contributed by atoms with van der Waals surface area (Å²) in [6, 6.07) is 57.2. The number of rotatable bonds is 3. The Kier molecular flexibility index (Phi) is 4.93. The van der Waals surface area contributed by atoms with Crippen molar-refractivity contribution in [3.63, 3.8) is 0 Å². The maximum Gasteiger partial charge on any atom is 0.0547 e. The molecule has 196 valence electrons. The van der Waals surface area contributed by atoms with E-state index in [-0.39, 0.29) is 0 Å². The fraction of sp³-hybridized carbons (Fsp3) is 0. The molecule has 2 heterocycles. The van der Waals surface area contributed by atoms with Crippen LogP contribution in [0.5, 0.6) is 0 Å². The standard InChI is InChI=1S/C40H26N2/c1-3-12-27(13-4-1)28-14-11-17-32(22-28)42-38-21-10-8-19-34(38)36-24-29-25-39-35(23-30(29)26-40(36)42)33-18-7-9-20-37(33)41(39)31-15-5-2-6-16-31/h1-26H. The molecule has 0 bridgehead atoms. The van der Waals surface area contributed by atoms with Crippen LogP contribution in [0.25, 0.3) is 76.9 Å². The zero-order valence-corrected chi connectivity index (χ0v) is 22.9. The Morgan fingerprint density at radius 3 is 1.38 bits per heavy atom. The summed E-state index contributed by atoms with van der Waals surface area (Å²) in [5.74, 6) is 0. The summed E-state index contributed by atoms with van der Waals surface area (Å²) in [6.07, 6.45) is 0. The molecule has 0 aliphatic rings. The normalized spacial score (nSPS) is 11.8. The lowest BCUT2D eigenvalue weighted by Gasteiger charge is -2.11. The second-order valence-corrected chi connectivity index (χ2v) is 11.0. The highest BCUT2D eigenvalue weighted by Crippen LogP contribution is 2.39. The highest BCUT2D eigenvalue weighted by atomic mass is 15.0. The molecule has 0 spiro atoms. The van der Waals surface area contributed by atoms with E-state index < -0.39 is 0 Å². The number of fused-ring (bicyclic) bond motifs is 7. The molecule has 9 rings (SSSR count). The molecule has 0 saturated heterocycles. The molecule has 9 aromatic rings. The van der Waals surface area contributed by atoms with Gasteiger partial charge in [0, 0.05) is 32.9 Å². The smallest absolute Gasteiger partial charge is 0.0547 e. The molecular weight excluding hydrogens is 508 g/mol. The van der Waals surface area contributed by atoms with E-state index in [1.165, 1.54) is 76.9 Å². The van der Waals surface area contributed by atoms with Crippen LogP contribution in [0.3, 0.4) is 0 Å². The van der Waals surface area contributed by atoms with Gasteiger partial charge in [-0.3, -0.25) is 0 Å². The molecule has 0 saturated carbocycles. The number of aromatic nitrogens is 2. The average molecular weight is 535 g/mol. The van der Waals surface area contributed by atoms with Gasteiger partial charge in [0.1, 0.15) is 0 Å². The first kappa shape index (κ1) is 23.1. The molecule has 42 heavy (non-hydrogen) atoms. The third-order valence-corrected chi connectivity index (χ3v) is 8.65. The fourth-order valence-corrected chi connectivity index (χ4v) is 6.77. The third kappa shape index (κ3) is 3.39. The Hall–Kier alpha value is -5.60. The summed E-state index contributed by atoms with van der Waals surface area (Å²) in [7, 11) is 0. The Morgan fingerprint density at radius 2 is 0.762 bits per heavy atom. The summed E-state index contributed by atoms with van der Waals surface area (Å²) in [5.41, 5.74) is 9.69. The Labute approximate surface area is 243 Å². The van der Waals surface area contributed by atoms with Crippen LogP contribution in [0.4, 0.5) is 0 Å². The molecule has 0 atom stereocenters. The van der Waals surface area contributed by atoms with Gasteiger partial charge in [-0.1, -0.05) is 97.1 Å². The van der Waals surface area contributed by atoms with Gasteiger partial charge in [0.05, 0.1) is 22.1 Å². The van der Waals surface area contributed by atoms with Crippen molar-refractivity contribution in [2.75, 3.05) is 0 Å². The first-order chi connectivity index (χ1) is 20.8. The molecule has 0 unspecified atom stereocenters. The van der Waals surface area contributed by atoms with Gasteiger partial charge in [-0.15, -0.1) is 0 Å². The second kappa shape index (κ2) is 8.95. The van der Waals surface area contributed by atoms with Gasteiger partial charge in [0.2, 0.25) is 0 Å². The van der Waals surface area contributed by atoms with Crippen LogP contribution in [-0.2, 0) is 0 Å². The first-order valence-corrected chi connectivity index (χ1v) is 14.4. The van der Waals surface area contributed by atoms with E-state index in [9.17, 15) is 0 Å². The summed E-state index contributed by atoms with van der Waals surface area (Å²) in [6.45, 7) is 0. The van der Waals surface area contributed by atoms with E-state index in [4.69, 9.17) is 0 Å². The SMILES string of the molecule is c1ccc(-c2cccc(-n3c4ccccc4c4cc5cc6c(cc5cc43)c3ccccc3n6-c3ccccc3)c2)cc1. The molecule has 0 amide bonds. The lowest BCUT2D eigenvalue weighted by Crippen LogP contribution is -1.94. The fourth-order valence-electron chi connectivity index (χ4n) is 6.77. The molecule has 0 fully saturated rings. The van der Waals surface area contributed by atoms with Crippen molar-refractivity contribution in [1.82, 2.24) is 9.13 Å². The van der Waals surface area contributed by atoms with E-state index in [0.29, 0.717) is 0 Å². The Balaban J connectivity index is 1.36. The van der Waals surface area contributed by atoms with Crippen molar-refractivity contribution >= 4 is 54.4 Å². The molecule has 2 nitrogen and oxygen atoms in total. The minimum absolute atomic E-state index is 1.17. The van der Waals surface area contributed by atoms with Crippen molar-refractivity contribution < 1.29 is 0 Å². The second-order valence-electron chi connectivity index (χ2n) is 11.0. The lowest BCUT2D eigenvalue weighted by molar-refractivity contribution is 1.18. The quantitative estimate of drug-likeness (QED) is 0.213. The molecule has 0 radical (unpaired) electrons. The van der Waals surface area contributed by atoms with Gasteiger partial charge in [-0.2, -0.15) is 0 Å². The van der Waals surface area contributed by atoms with Gasteiger partial charge in [-0.25, -0.2) is 0 Å². The molecule has 0 N–H and O–H groups in total. The van der Waals surface area contributed by atoms with Crippen molar-refractivity contribution in [3.8, 4) is 22.5 Å². The van der Waals surface area contributed by atoms with E-state index in [1.54, 1.807) is 0 Å². The maximum atomic E-state index is 2.42. The van der Waals surface area contributed by atoms with Crippen LogP contribution < -0.4 is 0 Å². The van der Waals surface area contributed by atoms with E-state index in [1.807, 2.05) is 0 Å². The molecule has 2 heteroatoms. The predicted molar refractivity (Wildman–Crippen MR) is 178 cm³/mol. The summed E-state index contributed by atoms with van der Waals surface area (Å²) in [5, 5.41) is 7.57. The largest absolute Gasteiger partial charge is 0.309 e. The van der Waals surface area contributed by atoms with E-state index in [2.05, 4.69) is 167 Å². The number of benzene rings is 7. The van der Waals surface area contributed by atoms with Crippen LogP contribution in [0.2, 0.25) is 0 Å². The summed E-state index contributed by atoms with van der Waals surface area (Å²) >= 11 is 0. The Bertz CT molecular complexity index is 2440. The van der Waals surface area contributed by atoms with Gasteiger partial charge in [-0.05, 0) is 82.6 Å². The number of hydrogen-bond donors (Lipinski definition) is 0. The minimum atomic E-state index is 1.17. The number of nitrogens with zero attached hydrogens (tertiary/aromatic N) is 2. The lowest BCUT2D eigenvalue weighted by atomic mass is 10.0. The maximum absolute atomic E-state index is 2.42. The van der Waals surface area contributed by atoms with Gasteiger partial charge < -0.3 is 9.13 Å². The summed E-state index contributed by atoms with van der Waals surface area (Å²) in [4.78, 5) is 0. The highest BCUT2D eigenvalue weighted by molar-refractivity contribution is 6.18. The molecule has 0 aliphatic carbocycles. The number of para-hydroxylation sites is 3. The van der Waals surface area contributed by atoms with Gasteiger partial charge in [0.15, 0.2) is 0 Å². The third-order valence-electron chi connectivity index (χ3n) is 8.65.